The van der Waals surface area contributed by atoms with Crippen LogP contribution in [0.3, 0.4) is 0 Å². The zero-order valence-corrected chi connectivity index (χ0v) is 18.8. The number of hydrogen-bond acceptors (Lipinski definition) is 8. The molecule has 0 saturated heterocycles. The minimum atomic E-state index is -0.603. The van der Waals surface area contributed by atoms with Crippen molar-refractivity contribution >= 4 is 29.1 Å². The average Bonchev–Trinajstić information content (AvgIpc) is 3.61. The van der Waals surface area contributed by atoms with Gasteiger partial charge in [0.05, 0.1) is 36.7 Å². The summed E-state index contributed by atoms with van der Waals surface area (Å²) >= 11 is 1.39. The van der Waals surface area contributed by atoms with Crippen LogP contribution < -0.4 is 4.74 Å². The van der Waals surface area contributed by atoms with Crippen LogP contribution in [0.5, 0.6) is 5.75 Å². The summed E-state index contributed by atoms with van der Waals surface area (Å²) in [6.45, 7) is -0.00293. The maximum absolute atomic E-state index is 12.8. The van der Waals surface area contributed by atoms with E-state index in [1.54, 1.807) is 66.2 Å². The number of carbonyl (C=O) groups is 3. The van der Waals surface area contributed by atoms with Gasteiger partial charge < -0.3 is 13.9 Å². The molecule has 0 bridgehead atoms. The van der Waals surface area contributed by atoms with Crippen LogP contribution in [0.15, 0.2) is 70.7 Å². The smallest absolute Gasteiger partial charge is 0.342 e. The molecule has 170 valence electrons. The molecule has 4 aromatic rings. The number of carbonyl (C=O) groups excluding carboxylic acids is 3. The number of ether oxygens (including phenoxy) is 2. The normalized spacial score (nSPS) is 12.7. The van der Waals surface area contributed by atoms with E-state index < -0.39 is 5.97 Å². The maximum atomic E-state index is 12.8. The Hall–Kier alpha value is -4.24. The van der Waals surface area contributed by atoms with Crippen molar-refractivity contribution in [3.05, 3.63) is 94.2 Å². The Bertz CT molecular complexity index is 1360. The van der Waals surface area contributed by atoms with Crippen molar-refractivity contribution in [2.75, 3.05) is 7.11 Å². The van der Waals surface area contributed by atoms with E-state index in [0.717, 1.165) is 4.90 Å². The first-order valence-electron chi connectivity index (χ1n) is 10.3. The number of thiazole rings is 1. The number of fused-ring (bicyclic) bond motifs is 1. The summed E-state index contributed by atoms with van der Waals surface area (Å²) < 4.78 is 16.1. The molecule has 8 nitrogen and oxygen atoms in total. The lowest BCUT2D eigenvalue weighted by Crippen LogP contribution is -2.29. The summed E-state index contributed by atoms with van der Waals surface area (Å²) in [5, 5.41) is 2.48. The molecule has 1 aliphatic heterocycles. The third-order valence-electron chi connectivity index (χ3n) is 5.34. The number of imide groups is 1. The molecule has 2 amide bonds. The van der Waals surface area contributed by atoms with Crippen LogP contribution >= 0.6 is 11.3 Å². The Morgan fingerprint density at radius 1 is 1.06 bits per heavy atom. The number of benzene rings is 2. The molecule has 0 aliphatic carbocycles. The summed E-state index contributed by atoms with van der Waals surface area (Å²) in [6, 6.07) is 15.2. The molecule has 9 heteroatoms. The molecule has 0 fully saturated rings. The van der Waals surface area contributed by atoms with Crippen LogP contribution in [0.4, 0.5) is 0 Å². The fourth-order valence-electron chi connectivity index (χ4n) is 3.68. The van der Waals surface area contributed by atoms with Gasteiger partial charge in [-0.2, -0.15) is 0 Å². The number of rotatable bonds is 7. The van der Waals surface area contributed by atoms with Crippen molar-refractivity contribution in [3.8, 4) is 16.5 Å². The minimum Gasteiger partial charge on any atom is -0.496 e. The quantitative estimate of drug-likeness (QED) is 0.286. The van der Waals surface area contributed by atoms with Gasteiger partial charge in [0.2, 0.25) is 0 Å². The van der Waals surface area contributed by atoms with Crippen molar-refractivity contribution < 1.29 is 28.3 Å². The first-order valence-corrected chi connectivity index (χ1v) is 11.2. The summed E-state index contributed by atoms with van der Waals surface area (Å²) in [5.74, 6) is -0.364. The molecular formula is C25H18N2O6S. The Morgan fingerprint density at radius 2 is 1.82 bits per heavy atom. The van der Waals surface area contributed by atoms with E-state index >= 15 is 0 Å². The van der Waals surface area contributed by atoms with Gasteiger partial charge in [-0.15, -0.1) is 11.3 Å². The van der Waals surface area contributed by atoms with Crippen molar-refractivity contribution in [2.45, 2.75) is 13.2 Å². The lowest BCUT2D eigenvalue weighted by molar-refractivity contribution is 0.0464. The van der Waals surface area contributed by atoms with Gasteiger partial charge in [0.15, 0.2) is 10.8 Å². The standard InChI is InChI=1S/C25H18N2O6S/c1-31-20-9-8-15(12-27-23(28)17-5-2-3-6-18(17)24(27)29)11-19(20)25(30)33-13-16-14-34-22(26-16)21-7-4-10-32-21/h2-11,14H,12-13H2,1H3. The number of aromatic nitrogens is 1. The van der Waals surface area contributed by atoms with E-state index in [0.29, 0.717) is 38.9 Å². The number of methoxy groups -OCH3 is 1. The van der Waals surface area contributed by atoms with Crippen LogP contribution in [0.25, 0.3) is 10.8 Å². The Labute approximate surface area is 198 Å². The van der Waals surface area contributed by atoms with Crippen molar-refractivity contribution in [1.82, 2.24) is 9.88 Å². The third-order valence-corrected chi connectivity index (χ3v) is 6.24. The Balaban J connectivity index is 1.31. The molecule has 0 spiro atoms. The van der Waals surface area contributed by atoms with Crippen molar-refractivity contribution in [2.24, 2.45) is 0 Å². The zero-order chi connectivity index (χ0) is 23.7. The van der Waals surface area contributed by atoms with E-state index in [-0.39, 0.29) is 30.5 Å². The average molecular weight is 474 g/mol. The fourth-order valence-corrected chi connectivity index (χ4v) is 4.45. The molecular weight excluding hydrogens is 456 g/mol. The highest BCUT2D eigenvalue weighted by Gasteiger charge is 2.35. The topological polar surface area (TPSA) is 98.9 Å². The van der Waals surface area contributed by atoms with Gasteiger partial charge in [0.1, 0.15) is 17.9 Å². The van der Waals surface area contributed by atoms with Crippen LogP contribution in [-0.4, -0.2) is 34.8 Å². The molecule has 34 heavy (non-hydrogen) atoms. The predicted octanol–water partition coefficient (Wildman–Crippen LogP) is 4.56. The van der Waals surface area contributed by atoms with E-state index in [1.807, 2.05) is 0 Å². The second-order valence-electron chi connectivity index (χ2n) is 7.47. The lowest BCUT2D eigenvalue weighted by Gasteiger charge is -2.15. The Morgan fingerprint density at radius 3 is 2.50 bits per heavy atom. The monoisotopic (exact) mass is 474 g/mol. The SMILES string of the molecule is COc1ccc(CN2C(=O)c3ccccc3C2=O)cc1C(=O)OCc1csc(-c2ccco2)n1. The summed E-state index contributed by atoms with van der Waals surface area (Å²) in [7, 11) is 1.45. The second-order valence-corrected chi connectivity index (χ2v) is 8.33. The van der Waals surface area contributed by atoms with E-state index in [1.165, 1.54) is 18.4 Å². The number of furan rings is 1. The molecule has 1 aliphatic rings. The molecule has 0 radical (unpaired) electrons. The van der Waals surface area contributed by atoms with Gasteiger partial charge in [-0.1, -0.05) is 18.2 Å². The summed E-state index contributed by atoms with van der Waals surface area (Å²) in [5.41, 5.74) is 2.12. The highest BCUT2D eigenvalue weighted by atomic mass is 32.1. The molecule has 0 N–H and O–H groups in total. The van der Waals surface area contributed by atoms with Gasteiger partial charge in [0, 0.05) is 5.38 Å². The molecule has 0 saturated carbocycles. The van der Waals surface area contributed by atoms with Crippen LogP contribution in [0, 0.1) is 0 Å². The van der Waals surface area contributed by atoms with Gasteiger partial charge >= 0.3 is 5.97 Å². The van der Waals surface area contributed by atoms with Crippen LogP contribution in [-0.2, 0) is 17.9 Å². The minimum absolute atomic E-state index is 0.0230. The predicted molar refractivity (Wildman–Crippen MR) is 123 cm³/mol. The van der Waals surface area contributed by atoms with Gasteiger partial charge in [-0.3, -0.25) is 14.5 Å². The molecule has 0 atom stereocenters. The highest BCUT2D eigenvalue weighted by Crippen LogP contribution is 2.28. The largest absolute Gasteiger partial charge is 0.496 e. The van der Waals surface area contributed by atoms with Gasteiger partial charge in [0.25, 0.3) is 11.8 Å². The second kappa shape index (κ2) is 8.95. The molecule has 3 heterocycles. The van der Waals surface area contributed by atoms with Crippen LogP contribution in [0.2, 0.25) is 0 Å². The number of nitrogens with zero attached hydrogens (tertiary/aromatic N) is 2. The number of esters is 1. The summed E-state index contributed by atoms with van der Waals surface area (Å²) in [6.07, 6.45) is 1.57. The number of hydrogen-bond donors (Lipinski definition) is 0. The lowest BCUT2D eigenvalue weighted by atomic mass is 10.1. The first kappa shape index (κ1) is 21.6. The zero-order valence-electron chi connectivity index (χ0n) is 18.0. The van der Waals surface area contributed by atoms with Gasteiger partial charge in [-0.05, 0) is 42.0 Å². The molecule has 2 aromatic heterocycles. The summed E-state index contributed by atoms with van der Waals surface area (Å²) in [4.78, 5) is 43.8. The van der Waals surface area contributed by atoms with Crippen LogP contribution in [0.1, 0.15) is 42.3 Å². The molecule has 0 unspecified atom stereocenters. The first-order chi connectivity index (χ1) is 16.5. The van der Waals surface area contributed by atoms with Crippen molar-refractivity contribution in [3.63, 3.8) is 0 Å². The van der Waals surface area contributed by atoms with E-state index in [4.69, 9.17) is 13.9 Å². The maximum Gasteiger partial charge on any atom is 0.342 e. The third kappa shape index (κ3) is 3.97. The van der Waals surface area contributed by atoms with E-state index in [9.17, 15) is 14.4 Å². The van der Waals surface area contributed by atoms with E-state index in [2.05, 4.69) is 4.98 Å². The fraction of sp³-hybridized carbons (Fsp3) is 0.120. The Kier molecular flexibility index (Phi) is 5.69. The highest BCUT2D eigenvalue weighted by molar-refractivity contribution is 7.13. The van der Waals surface area contributed by atoms with Crippen molar-refractivity contribution in [1.29, 1.82) is 0 Å². The molecule has 2 aromatic carbocycles. The molecule has 5 rings (SSSR count). The van der Waals surface area contributed by atoms with Gasteiger partial charge in [-0.25, -0.2) is 9.78 Å². The number of amides is 2.